The summed E-state index contributed by atoms with van der Waals surface area (Å²) in [4.78, 5) is 0. The van der Waals surface area contributed by atoms with E-state index in [1.807, 2.05) is 36.4 Å². The zero-order valence-electron chi connectivity index (χ0n) is 8.53. The van der Waals surface area contributed by atoms with Crippen LogP contribution in [-0.2, 0) is 0 Å². The Kier molecular flexibility index (Phi) is 1.90. The third-order valence-corrected chi connectivity index (χ3v) is 3.62. The fraction of sp³-hybridized carbons (Fsp3) is 0. The summed E-state index contributed by atoms with van der Waals surface area (Å²) in [7, 11) is 1.69. The van der Waals surface area contributed by atoms with Crippen LogP contribution in [0.2, 0.25) is 0 Å². The number of fused-ring (bicyclic) bond motifs is 2. The third kappa shape index (κ3) is 1.43. The highest BCUT2D eigenvalue weighted by molar-refractivity contribution is 7.83. The molecule has 0 atom stereocenters. The minimum atomic E-state index is 0.778. The number of hydrogen-bond donors (Lipinski definition) is 2. The van der Waals surface area contributed by atoms with Crippen LogP contribution >= 0.6 is 10.9 Å². The van der Waals surface area contributed by atoms with Crippen molar-refractivity contribution in [2.24, 2.45) is 0 Å². The van der Waals surface area contributed by atoms with E-state index in [4.69, 9.17) is 11.5 Å². The first-order chi connectivity index (χ1) is 7.72. The Morgan fingerprint density at radius 3 is 1.81 bits per heavy atom. The van der Waals surface area contributed by atoms with Crippen LogP contribution in [0.5, 0.6) is 0 Å². The fourth-order valence-electron chi connectivity index (χ4n) is 1.72. The van der Waals surface area contributed by atoms with Crippen molar-refractivity contribution < 1.29 is 0 Å². The first-order valence-electron chi connectivity index (χ1n) is 4.96. The average Bonchev–Trinajstić information content (AvgIpc) is 2.26. The van der Waals surface area contributed by atoms with E-state index in [0.29, 0.717) is 0 Å². The summed E-state index contributed by atoms with van der Waals surface area (Å²) < 4.78 is 2.27. The first kappa shape index (κ1) is 9.28. The molecule has 0 radical (unpaired) electrons. The lowest BCUT2D eigenvalue weighted by Gasteiger charge is -1.95. The lowest BCUT2D eigenvalue weighted by molar-refractivity contribution is 1.52. The SMILES string of the molecule is Nc1ccc2c(c1)=S=c1cc(N)ccc1=C=2. The largest absolute Gasteiger partial charge is 0.399 e. The summed E-state index contributed by atoms with van der Waals surface area (Å²) in [5.74, 6) is 0. The van der Waals surface area contributed by atoms with Gasteiger partial charge in [0.25, 0.3) is 0 Å². The second-order valence-electron chi connectivity index (χ2n) is 3.74. The molecule has 0 spiro atoms. The van der Waals surface area contributed by atoms with Crippen LogP contribution < -0.4 is 21.9 Å². The molecule has 0 amide bonds. The van der Waals surface area contributed by atoms with Gasteiger partial charge in [-0.1, -0.05) is 0 Å². The molecule has 78 valence electrons. The van der Waals surface area contributed by atoms with Crippen molar-refractivity contribution in [1.29, 1.82) is 0 Å². The van der Waals surface area contributed by atoms with Crippen molar-refractivity contribution >= 4 is 28.0 Å². The molecule has 0 saturated carbocycles. The molecule has 0 unspecified atom stereocenters. The number of benzene rings is 2. The molecule has 16 heavy (non-hydrogen) atoms. The van der Waals surface area contributed by atoms with Gasteiger partial charge < -0.3 is 11.5 Å². The summed E-state index contributed by atoms with van der Waals surface area (Å²) >= 11 is 0. The lowest BCUT2D eigenvalue weighted by Crippen LogP contribution is -2.10. The average molecular weight is 226 g/mol. The molecule has 0 saturated heterocycles. The Labute approximate surface area is 95.7 Å². The highest BCUT2D eigenvalue weighted by Crippen LogP contribution is 2.03. The number of nitrogens with two attached hydrogens (primary N) is 2. The molecule has 1 heterocycles. The second-order valence-corrected chi connectivity index (χ2v) is 4.82. The van der Waals surface area contributed by atoms with E-state index in [2.05, 4.69) is 5.73 Å². The number of rotatable bonds is 0. The van der Waals surface area contributed by atoms with Gasteiger partial charge in [-0.3, -0.25) is 0 Å². The van der Waals surface area contributed by atoms with Gasteiger partial charge in [0, 0.05) is 30.8 Å². The molecular formula is C13H10N2S. The molecule has 2 nitrogen and oxygen atoms in total. The van der Waals surface area contributed by atoms with E-state index in [9.17, 15) is 0 Å². The lowest BCUT2D eigenvalue weighted by atomic mass is 10.2. The van der Waals surface area contributed by atoms with Crippen molar-refractivity contribution in [3.63, 3.8) is 0 Å². The number of anilines is 2. The maximum absolute atomic E-state index is 5.77. The van der Waals surface area contributed by atoms with Gasteiger partial charge in [0.2, 0.25) is 0 Å². The summed E-state index contributed by atoms with van der Waals surface area (Å²) in [6.07, 6.45) is 0. The molecular weight excluding hydrogens is 216 g/mol. The highest BCUT2D eigenvalue weighted by atomic mass is 32.1. The number of hydrogen-bond acceptors (Lipinski definition) is 2. The minimum Gasteiger partial charge on any atom is -0.399 e. The van der Waals surface area contributed by atoms with Gasteiger partial charge in [-0.05, 0) is 36.4 Å². The molecule has 0 aromatic heterocycles. The monoisotopic (exact) mass is 226 g/mol. The number of nitrogen functional groups attached to an aromatic ring is 2. The quantitative estimate of drug-likeness (QED) is 0.441. The predicted molar refractivity (Wildman–Crippen MR) is 68.7 cm³/mol. The zero-order valence-corrected chi connectivity index (χ0v) is 9.34. The van der Waals surface area contributed by atoms with Gasteiger partial charge >= 0.3 is 0 Å². The molecule has 4 N–H and O–H groups in total. The van der Waals surface area contributed by atoms with Crippen molar-refractivity contribution in [3.05, 3.63) is 55.9 Å². The maximum atomic E-state index is 5.77. The van der Waals surface area contributed by atoms with Crippen LogP contribution in [0.1, 0.15) is 0 Å². The molecule has 0 bridgehead atoms. The van der Waals surface area contributed by atoms with E-state index in [0.717, 1.165) is 30.8 Å². The standard InChI is InChI=1S/C13H10N2S/c14-10-3-1-8-5-9-2-4-11(15)7-13(9)16-12(8)6-10/h1-4,6-7H,14-15H2. The van der Waals surface area contributed by atoms with Gasteiger partial charge in [-0.15, -0.1) is 16.7 Å². The van der Waals surface area contributed by atoms with Crippen LogP contribution in [0.4, 0.5) is 11.4 Å². The van der Waals surface area contributed by atoms with E-state index in [-0.39, 0.29) is 0 Å². The summed E-state index contributed by atoms with van der Waals surface area (Å²) in [6, 6.07) is 11.7. The predicted octanol–water partition coefficient (Wildman–Crippen LogP) is 0.851. The van der Waals surface area contributed by atoms with Gasteiger partial charge in [0.15, 0.2) is 0 Å². The van der Waals surface area contributed by atoms with Crippen LogP contribution in [0.3, 0.4) is 0 Å². The van der Waals surface area contributed by atoms with Crippen LogP contribution in [0.15, 0.2) is 36.4 Å². The van der Waals surface area contributed by atoms with Crippen LogP contribution in [-0.4, -0.2) is 0 Å². The topological polar surface area (TPSA) is 52.0 Å². The third-order valence-electron chi connectivity index (χ3n) is 2.50. The second kappa shape index (κ2) is 3.27. The van der Waals surface area contributed by atoms with E-state index >= 15 is 0 Å². The molecule has 2 aromatic carbocycles. The minimum absolute atomic E-state index is 0.778. The molecule has 3 heteroatoms. The van der Waals surface area contributed by atoms with E-state index in [1.165, 1.54) is 0 Å². The molecule has 1 aliphatic rings. The van der Waals surface area contributed by atoms with Crippen LogP contribution in [0.25, 0.3) is 5.73 Å². The van der Waals surface area contributed by atoms with Crippen LogP contribution in [0, 0.1) is 9.02 Å². The molecule has 3 rings (SSSR count). The highest BCUT2D eigenvalue weighted by Gasteiger charge is 1.93. The smallest absolute Gasteiger partial charge is 0.0447 e. The van der Waals surface area contributed by atoms with Gasteiger partial charge in [0.05, 0.1) is 0 Å². The van der Waals surface area contributed by atoms with E-state index < -0.39 is 0 Å². The Hall–Kier alpha value is -1.96. The maximum Gasteiger partial charge on any atom is 0.0447 e. The molecule has 1 aliphatic heterocycles. The van der Waals surface area contributed by atoms with Crippen molar-refractivity contribution in [2.75, 3.05) is 11.5 Å². The normalized spacial score (nSPS) is 11.5. The fourth-order valence-corrected chi connectivity index (χ4v) is 2.80. The first-order valence-corrected chi connectivity index (χ1v) is 5.78. The summed E-state index contributed by atoms with van der Waals surface area (Å²) in [6.45, 7) is 0. The Morgan fingerprint density at radius 2 is 1.31 bits per heavy atom. The molecule has 0 fully saturated rings. The zero-order chi connectivity index (χ0) is 11.1. The summed E-state index contributed by atoms with van der Waals surface area (Å²) in [5, 5.41) is 2.19. The molecule has 2 aromatic rings. The Balaban J connectivity index is 2.66. The van der Waals surface area contributed by atoms with E-state index in [1.54, 1.807) is 10.9 Å². The summed E-state index contributed by atoms with van der Waals surface area (Å²) in [5.41, 5.74) is 16.5. The van der Waals surface area contributed by atoms with Gasteiger partial charge in [-0.2, -0.15) is 0 Å². The van der Waals surface area contributed by atoms with Gasteiger partial charge in [0.1, 0.15) is 0 Å². The Bertz CT molecular complexity index is 777. The van der Waals surface area contributed by atoms with Crippen molar-refractivity contribution in [2.45, 2.75) is 0 Å². The Morgan fingerprint density at radius 1 is 0.812 bits per heavy atom. The van der Waals surface area contributed by atoms with Gasteiger partial charge in [-0.25, -0.2) is 0 Å². The molecule has 0 aliphatic carbocycles. The van der Waals surface area contributed by atoms with Crippen molar-refractivity contribution in [1.82, 2.24) is 0 Å². The van der Waals surface area contributed by atoms with Crippen molar-refractivity contribution in [3.8, 4) is 0 Å².